The van der Waals surface area contributed by atoms with Crippen LogP contribution in [0.25, 0.3) is 0 Å². The molecule has 1 heterocycles. The minimum Gasteiger partial charge on any atom is -0.454 e. The third kappa shape index (κ3) is 3.71. The van der Waals surface area contributed by atoms with Crippen LogP contribution in [0.3, 0.4) is 0 Å². The topological polar surface area (TPSA) is 59.6 Å². The number of anilines is 2. The van der Waals surface area contributed by atoms with Gasteiger partial charge in [0.2, 0.25) is 12.7 Å². The van der Waals surface area contributed by atoms with Crippen molar-refractivity contribution in [3.05, 3.63) is 42.5 Å². The highest BCUT2D eigenvalue weighted by Gasteiger charge is 2.16. The van der Waals surface area contributed by atoms with Gasteiger partial charge >= 0.3 is 0 Å². The van der Waals surface area contributed by atoms with E-state index in [4.69, 9.17) is 9.47 Å². The Morgan fingerprint density at radius 3 is 2.78 bits per heavy atom. The maximum absolute atomic E-state index is 12.3. The Hall–Kier alpha value is -2.34. The fourth-order valence-corrected chi connectivity index (χ4v) is 2.71. The van der Waals surface area contributed by atoms with E-state index in [1.54, 1.807) is 30.0 Å². The lowest BCUT2D eigenvalue weighted by Gasteiger charge is -2.16. The number of fused-ring (bicyclic) bond motifs is 1. The number of rotatable bonds is 5. The van der Waals surface area contributed by atoms with Gasteiger partial charge in [0.15, 0.2) is 11.5 Å². The van der Waals surface area contributed by atoms with Crippen molar-refractivity contribution in [2.24, 2.45) is 0 Å². The van der Waals surface area contributed by atoms with Gasteiger partial charge in [-0.25, -0.2) is 0 Å². The van der Waals surface area contributed by atoms with Crippen molar-refractivity contribution in [2.75, 3.05) is 23.7 Å². The lowest BCUT2D eigenvalue weighted by molar-refractivity contribution is -0.116. The summed E-state index contributed by atoms with van der Waals surface area (Å²) in [6, 6.07) is 13.0. The van der Waals surface area contributed by atoms with Crippen LogP contribution in [-0.2, 0) is 4.79 Å². The van der Waals surface area contributed by atoms with Gasteiger partial charge in [-0.3, -0.25) is 4.79 Å². The summed E-state index contributed by atoms with van der Waals surface area (Å²) in [7, 11) is 0. The van der Waals surface area contributed by atoms with Gasteiger partial charge in [-0.05, 0) is 43.5 Å². The molecule has 0 radical (unpaired) electrons. The van der Waals surface area contributed by atoms with E-state index in [2.05, 4.69) is 10.6 Å². The van der Waals surface area contributed by atoms with E-state index in [0.717, 1.165) is 10.6 Å². The molecular weight excluding hydrogens is 312 g/mol. The molecule has 0 bridgehead atoms. The van der Waals surface area contributed by atoms with Crippen molar-refractivity contribution in [3.8, 4) is 11.5 Å². The second-order valence-corrected chi connectivity index (χ2v) is 6.03. The predicted molar refractivity (Wildman–Crippen MR) is 92.5 cm³/mol. The molecule has 0 spiro atoms. The van der Waals surface area contributed by atoms with Crippen LogP contribution in [0, 0.1) is 0 Å². The Balaban J connectivity index is 1.63. The average molecular weight is 330 g/mol. The van der Waals surface area contributed by atoms with Crippen LogP contribution in [0.4, 0.5) is 11.4 Å². The fourth-order valence-electron chi connectivity index (χ4n) is 2.25. The zero-order chi connectivity index (χ0) is 16.2. The van der Waals surface area contributed by atoms with Crippen LogP contribution < -0.4 is 20.1 Å². The lowest BCUT2D eigenvalue weighted by Crippen LogP contribution is -2.31. The third-order valence-corrected chi connectivity index (χ3v) is 4.21. The van der Waals surface area contributed by atoms with Crippen molar-refractivity contribution in [1.82, 2.24) is 0 Å². The molecule has 23 heavy (non-hydrogen) atoms. The molecule has 2 aromatic carbocycles. The van der Waals surface area contributed by atoms with E-state index in [9.17, 15) is 4.79 Å². The number of benzene rings is 2. The lowest BCUT2D eigenvalue weighted by atomic mass is 10.2. The number of nitrogens with one attached hydrogen (secondary N) is 2. The zero-order valence-corrected chi connectivity index (χ0v) is 13.8. The molecule has 2 aromatic rings. The standard InChI is InChI=1S/C17H18N2O3S/c1-11(18-12-4-3-5-14(8-12)23-2)17(20)19-13-6-7-15-16(9-13)22-10-21-15/h3-9,11,18H,10H2,1-2H3,(H,19,20)/t11-/m0/s1. The van der Waals surface area contributed by atoms with Crippen molar-refractivity contribution in [2.45, 2.75) is 17.9 Å². The molecule has 1 aliphatic heterocycles. The van der Waals surface area contributed by atoms with Crippen LogP contribution >= 0.6 is 11.8 Å². The SMILES string of the molecule is CSc1cccc(N[C@@H](C)C(=O)Nc2ccc3c(c2)OCO3)c1. The summed E-state index contributed by atoms with van der Waals surface area (Å²) in [6.07, 6.45) is 2.02. The van der Waals surface area contributed by atoms with Gasteiger partial charge in [-0.2, -0.15) is 0 Å². The monoisotopic (exact) mass is 330 g/mol. The molecule has 0 saturated carbocycles. The first-order chi connectivity index (χ1) is 11.2. The molecule has 0 aromatic heterocycles. The fraction of sp³-hybridized carbons (Fsp3) is 0.235. The van der Waals surface area contributed by atoms with Gasteiger partial charge in [0.1, 0.15) is 6.04 Å². The quantitative estimate of drug-likeness (QED) is 0.821. The number of amides is 1. The summed E-state index contributed by atoms with van der Waals surface area (Å²) >= 11 is 1.67. The highest BCUT2D eigenvalue weighted by molar-refractivity contribution is 7.98. The van der Waals surface area contributed by atoms with Gasteiger partial charge in [0, 0.05) is 22.3 Å². The Morgan fingerprint density at radius 2 is 1.96 bits per heavy atom. The molecule has 1 aliphatic rings. The number of hydrogen-bond acceptors (Lipinski definition) is 5. The van der Waals surface area contributed by atoms with Crippen LogP contribution in [0.15, 0.2) is 47.4 Å². The van der Waals surface area contributed by atoms with Crippen LogP contribution in [-0.4, -0.2) is 25.0 Å². The number of thioether (sulfide) groups is 1. The van der Waals surface area contributed by atoms with Gasteiger partial charge in [-0.1, -0.05) is 6.07 Å². The highest BCUT2D eigenvalue weighted by atomic mass is 32.2. The summed E-state index contributed by atoms with van der Waals surface area (Å²) in [5, 5.41) is 6.09. The van der Waals surface area contributed by atoms with Gasteiger partial charge in [0.25, 0.3) is 0 Å². The molecule has 0 unspecified atom stereocenters. The zero-order valence-electron chi connectivity index (χ0n) is 13.0. The number of hydrogen-bond donors (Lipinski definition) is 2. The summed E-state index contributed by atoms with van der Waals surface area (Å²) < 4.78 is 10.6. The van der Waals surface area contributed by atoms with E-state index in [1.807, 2.05) is 37.4 Å². The van der Waals surface area contributed by atoms with Crippen molar-refractivity contribution in [3.63, 3.8) is 0 Å². The van der Waals surface area contributed by atoms with Crippen molar-refractivity contribution < 1.29 is 14.3 Å². The van der Waals surface area contributed by atoms with E-state index >= 15 is 0 Å². The summed E-state index contributed by atoms with van der Waals surface area (Å²) in [4.78, 5) is 13.5. The molecule has 0 aliphatic carbocycles. The summed E-state index contributed by atoms with van der Waals surface area (Å²) in [6.45, 7) is 2.05. The number of ether oxygens (including phenoxy) is 2. The van der Waals surface area contributed by atoms with E-state index in [-0.39, 0.29) is 18.7 Å². The number of carbonyl (C=O) groups is 1. The van der Waals surface area contributed by atoms with Gasteiger partial charge in [0.05, 0.1) is 0 Å². The minimum atomic E-state index is -0.363. The molecule has 0 saturated heterocycles. The summed E-state index contributed by atoms with van der Waals surface area (Å²) in [5.74, 6) is 1.23. The van der Waals surface area contributed by atoms with Crippen molar-refractivity contribution in [1.29, 1.82) is 0 Å². The van der Waals surface area contributed by atoms with Crippen LogP contribution in [0.2, 0.25) is 0 Å². The normalized spacial score (nSPS) is 13.5. The summed E-state index contributed by atoms with van der Waals surface area (Å²) in [5.41, 5.74) is 1.61. The average Bonchev–Trinajstić information content (AvgIpc) is 3.02. The maximum Gasteiger partial charge on any atom is 0.246 e. The van der Waals surface area contributed by atoms with Crippen LogP contribution in [0.5, 0.6) is 11.5 Å². The number of carbonyl (C=O) groups excluding carboxylic acids is 1. The molecule has 1 amide bonds. The largest absolute Gasteiger partial charge is 0.454 e. The second kappa shape index (κ2) is 6.83. The first-order valence-corrected chi connectivity index (χ1v) is 8.49. The predicted octanol–water partition coefficient (Wildman–Crippen LogP) is 3.58. The minimum absolute atomic E-state index is 0.113. The maximum atomic E-state index is 12.3. The van der Waals surface area contributed by atoms with E-state index in [0.29, 0.717) is 17.2 Å². The Bertz CT molecular complexity index is 721. The van der Waals surface area contributed by atoms with Crippen LogP contribution in [0.1, 0.15) is 6.92 Å². The van der Waals surface area contributed by atoms with Gasteiger partial charge in [-0.15, -0.1) is 11.8 Å². The Kier molecular flexibility index (Phi) is 4.62. The molecule has 1 atom stereocenters. The van der Waals surface area contributed by atoms with Gasteiger partial charge < -0.3 is 20.1 Å². The molecular formula is C17H18N2O3S. The van der Waals surface area contributed by atoms with Crippen molar-refractivity contribution >= 4 is 29.0 Å². The van der Waals surface area contributed by atoms with E-state index in [1.165, 1.54) is 0 Å². The Labute approximate surface area is 139 Å². The molecule has 3 rings (SSSR count). The van der Waals surface area contributed by atoms with E-state index < -0.39 is 0 Å². The molecule has 5 nitrogen and oxygen atoms in total. The smallest absolute Gasteiger partial charge is 0.246 e. The first kappa shape index (κ1) is 15.6. The Morgan fingerprint density at radius 1 is 1.13 bits per heavy atom. The second-order valence-electron chi connectivity index (χ2n) is 5.16. The highest BCUT2D eigenvalue weighted by Crippen LogP contribution is 2.34. The molecule has 120 valence electrons. The third-order valence-electron chi connectivity index (χ3n) is 3.49. The molecule has 2 N–H and O–H groups in total. The molecule has 6 heteroatoms. The molecule has 0 fully saturated rings. The first-order valence-electron chi connectivity index (χ1n) is 7.27.